The number of phenols is 2. The van der Waals surface area contributed by atoms with E-state index in [-0.39, 0.29) is 11.5 Å². The molecule has 2 aromatic rings. The molecule has 0 heterocycles. The molecule has 0 spiro atoms. The number of rotatable bonds is 1. The summed E-state index contributed by atoms with van der Waals surface area (Å²) in [5.74, 6) is -0.273. The zero-order valence-electron chi connectivity index (χ0n) is 9.31. The van der Waals surface area contributed by atoms with Crippen molar-refractivity contribution in [1.82, 2.24) is 0 Å². The van der Waals surface area contributed by atoms with E-state index in [0.29, 0.717) is 22.3 Å². The van der Waals surface area contributed by atoms with Crippen LogP contribution in [-0.4, -0.2) is 10.2 Å². The molecule has 0 fully saturated rings. The lowest BCUT2D eigenvalue weighted by Crippen LogP contribution is -1.84. The van der Waals surface area contributed by atoms with Crippen LogP contribution in [-0.2, 0) is 0 Å². The summed E-state index contributed by atoms with van der Waals surface area (Å²) in [5, 5.41) is 28.3. The first-order valence-electron chi connectivity index (χ1n) is 5.15. The maximum atomic E-state index is 9.86. The number of nitrogens with zero attached hydrogens (tertiary/aromatic N) is 1. The van der Waals surface area contributed by atoms with E-state index in [4.69, 9.17) is 5.26 Å². The van der Waals surface area contributed by atoms with E-state index in [1.165, 1.54) is 0 Å². The van der Waals surface area contributed by atoms with Crippen LogP contribution in [0.1, 0.15) is 11.1 Å². The molecule has 0 saturated heterocycles. The molecule has 17 heavy (non-hydrogen) atoms. The van der Waals surface area contributed by atoms with Crippen LogP contribution in [0.2, 0.25) is 0 Å². The van der Waals surface area contributed by atoms with Crippen LogP contribution in [0.4, 0.5) is 0 Å². The summed E-state index contributed by atoms with van der Waals surface area (Å²) in [7, 11) is 0. The van der Waals surface area contributed by atoms with Gasteiger partial charge < -0.3 is 10.2 Å². The first-order valence-corrected chi connectivity index (χ1v) is 5.15. The van der Waals surface area contributed by atoms with Crippen molar-refractivity contribution in [2.75, 3.05) is 0 Å². The molecule has 2 N–H and O–H groups in total. The fourth-order valence-electron chi connectivity index (χ4n) is 1.67. The number of benzene rings is 2. The van der Waals surface area contributed by atoms with Crippen molar-refractivity contribution in [3.8, 4) is 28.7 Å². The van der Waals surface area contributed by atoms with Crippen molar-refractivity contribution < 1.29 is 10.2 Å². The van der Waals surface area contributed by atoms with Gasteiger partial charge in [-0.1, -0.05) is 24.3 Å². The highest BCUT2D eigenvalue weighted by atomic mass is 16.3. The molecule has 0 unspecified atom stereocenters. The van der Waals surface area contributed by atoms with Crippen LogP contribution in [0.3, 0.4) is 0 Å². The number of phenolic OH excluding ortho intramolecular Hbond substituents is 2. The van der Waals surface area contributed by atoms with Gasteiger partial charge in [0, 0.05) is 5.56 Å². The molecule has 0 aliphatic carbocycles. The number of hydrogen-bond donors (Lipinski definition) is 2. The number of aryl methyl sites for hydroxylation is 1. The normalized spacial score (nSPS) is 9.88. The smallest absolute Gasteiger partial charge is 0.165 e. The lowest BCUT2D eigenvalue weighted by atomic mass is 10.0. The van der Waals surface area contributed by atoms with Crippen LogP contribution in [0.25, 0.3) is 11.1 Å². The predicted octanol–water partition coefficient (Wildman–Crippen LogP) is 2.94. The molecule has 0 amide bonds. The van der Waals surface area contributed by atoms with Crippen molar-refractivity contribution in [3.63, 3.8) is 0 Å². The molecule has 0 aliphatic heterocycles. The second-order valence-electron chi connectivity index (χ2n) is 3.82. The first kappa shape index (κ1) is 11.0. The summed E-state index contributed by atoms with van der Waals surface area (Å²) in [6, 6.07) is 12.4. The number of nitriles is 1. The minimum absolute atomic E-state index is 0.120. The van der Waals surface area contributed by atoms with Gasteiger partial charge in [-0.25, -0.2) is 0 Å². The average Bonchev–Trinajstić information content (AvgIpc) is 2.36. The average molecular weight is 225 g/mol. The molecular weight excluding hydrogens is 214 g/mol. The van der Waals surface area contributed by atoms with Crippen molar-refractivity contribution in [2.45, 2.75) is 6.92 Å². The second-order valence-corrected chi connectivity index (χ2v) is 3.82. The molecule has 0 radical (unpaired) electrons. The van der Waals surface area contributed by atoms with Gasteiger partial charge in [-0.2, -0.15) is 5.26 Å². The lowest BCUT2D eigenvalue weighted by molar-refractivity contribution is 0.402. The summed E-state index contributed by atoms with van der Waals surface area (Å²) < 4.78 is 0. The molecule has 3 heteroatoms. The zero-order chi connectivity index (χ0) is 12.4. The Hall–Kier alpha value is -2.47. The van der Waals surface area contributed by atoms with Crippen LogP contribution < -0.4 is 0 Å². The molecule has 2 aromatic carbocycles. The third kappa shape index (κ3) is 1.93. The third-order valence-electron chi connectivity index (χ3n) is 2.66. The van der Waals surface area contributed by atoms with Gasteiger partial charge in [-0.3, -0.25) is 0 Å². The molecule has 0 bridgehead atoms. The molecule has 0 atom stereocenters. The van der Waals surface area contributed by atoms with Crippen LogP contribution in [0.15, 0.2) is 36.4 Å². The molecule has 0 saturated carbocycles. The molecular formula is C14H11NO2. The predicted molar refractivity (Wildman–Crippen MR) is 64.7 cm³/mol. The Kier molecular flexibility index (Phi) is 2.71. The van der Waals surface area contributed by atoms with Crippen molar-refractivity contribution in [3.05, 3.63) is 47.5 Å². The highest BCUT2D eigenvalue weighted by molar-refractivity contribution is 5.75. The van der Waals surface area contributed by atoms with Gasteiger partial charge in [0.2, 0.25) is 0 Å². The Morgan fingerprint density at radius 3 is 2.53 bits per heavy atom. The lowest BCUT2D eigenvalue weighted by Gasteiger charge is -2.08. The van der Waals surface area contributed by atoms with Gasteiger partial charge in [0.25, 0.3) is 0 Å². The van der Waals surface area contributed by atoms with Crippen molar-refractivity contribution in [2.24, 2.45) is 0 Å². The van der Waals surface area contributed by atoms with Crippen molar-refractivity contribution in [1.29, 1.82) is 5.26 Å². The summed E-state index contributed by atoms with van der Waals surface area (Å²) in [5.41, 5.74) is 2.35. The molecule has 84 valence electrons. The molecule has 0 aliphatic rings. The largest absolute Gasteiger partial charge is 0.504 e. The van der Waals surface area contributed by atoms with Crippen LogP contribution in [0, 0.1) is 18.3 Å². The summed E-state index contributed by atoms with van der Waals surface area (Å²) in [6.07, 6.45) is 0. The van der Waals surface area contributed by atoms with E-state index in [9.17, 15) is 10.2 Å². The maximum absolute atomic E-state index is 9.86. The summed E-state index contributed by atoms with van der Waals surface area (Å²) >= 11 is 0. The quantitative estimate of drug-likeness (QED) is 0.733. The SMILES string of the molecule is Cc1ccc(-c2cccc(C#N)c2)c(O)c1O. The van der Waals surface area contributed by atoms with Gasteiger partial charge >= 0.3 is 0 Å². The first-order chi connectivity index (χ1) is 8.13. The molecule has 3 nitrogen and oxygen atoms in total. The van der Waals surface area contributed by atoms with E-state index in [2.05, 4.69) is 0 Å². The minimum atomic E-state index is -0.153. The Morgan fingerprint density at radius 2 is 1.82 bits per heavy atom. The summed E-state index contributed by atoms with van der Waals surface area (Å²) in [4.78, 5) is 0. The second kappa shape index (κ2) is 4.18. The Labute approximate surface area is 99.2 Å². The van der Waals surface area contributed by atoms with E-state index in [1.807, 2.05) is 6.07 Å². The number of aromatic hydroxyl groups is 2. The fourth-order valence-corrected chi connectivity index (χ4v) is 1.67. The van der Waals surface area contributed by atoms with E-state index in [1.54, 1.807) is 43.3 Å². The minimum Gasteiger partial charge on any atom is -0.504 e. The topological polar surface area (TPSA) is 64.2 Å². The number of hydrogen-bond acceptors (Lipinski definition) is 3. The van der Waals surface area contributed by atoms with E-state index in [0.717, 1.165) is 0 Å². The Bertz CT molecular complexity index is 612. The van der Waals surface area contributed by atoms with E-state index >= 15 is 0 Å². The Balaban J connectivity index is 2.61. The van der Waals surface area contributed by atoms with Crippen LogP contribution >= 0.6 is 0 Å². The highest BCUT2D eigenvalue weighted by Crippen LogP contribution is 2.38. The van der Waals surface area contributed by atoms with Gasteiger partial charge in [0.15, 0.2) is 11.5 Å². The van der Waals surface area contributed by atoms with Gasteiger partial charge in [0.1, 0.15) is 0 Å². The standard InChI is InChI=1S/C14H11NO2/c1-9-5-6-12(14(17)13(9)16)11-4-2-3-10(7-11)8-15/h2-7,16-17H,1H3. The molecule has 2 rings (SSSR count). The van der Waals surface area contributed by atoms with Crippen molar-refractivity contribution >= 4 is 0 Å². The molecule has 0 aromatic heterocycles. The highest BCUT2D eigenvalue weighted by Gasteiger charge is 2.10. The zero-order valence-corrected chi connectivity index (χ0v) is 9.31. The monoisotopic (exact) mass is 225 g/mol. The van der Waals surface area contributed by atoms with Gasteiger partial charge in [0.05, 0.1) is 11.6 Å². The third-order valence-corrected chi connectivity index (χ3v) is 2.66. The fraction of sp³-hybridized carbons (Fsp3) is 0.0714. The van der Waals surface area contributed by atoms with Gasteiger partial charge in [-0.05, 0) is 30.2 Å². The van der Waals surface area contributed by atoms with Crippen LogP contribution in [0.5, 0.6) is 11.5 Å². The maximum Gasteiger partial charge on any atom is 0.165 e. The van der Waals surface area contributed by atoms with E-state index < -0.39 is 0 Å². The Morgan fingerprint density at radius 1 is 1.06 bits per heavy atom. The van der Waals surface area contributed by atoms with Gasteiger partial charge in [-0.15, -0.1) is 0 Å². The summed E-state index contributed by atoms with van der Waals surface area (Å²) in [6.45, 7) is 1.71.